The van der Waals surface area contributed by atoms with E-state index in [-0.39, 0.29) is 59.2 Å². The summed E-state index contributed by atoms with van der Waals surface area (Å²) in [5, 5.41) is 0. The molecule has 0 spiro atoms. The summed E-state index contributed by atoms with van der Waals surface area (Å²) in [5.41, 5.74) is 0. The SMILES string of the molecule is B.[Co+2].[Mg+2].[O-2].[O-2]. The van der Waals surface area contributed by atoms with Gasteiger partial charge in [0, 0.05) is 0 Å². The third kappa shape index (κ3) is 35.3. The molecule has 0 N–H and O–H groups in total. The van der Waals surface area contributed by atoms with Crippen LogP contribution in [0.15, 0.2) is 0 Å². The molecule has 0 fully saturated rings. The monoisotopic (exact) mass is 129 g/mol. The van der Waals surface area contributed by atoms with Gasteiger partial charge in [0.2, 0.25) is 0 Å². The van der Waals surface area contributed by atoms with Crippen LogP contribution in [0.2, 0.25) is 0 Å². The van der Waals surface area contributed by atoms with Crippen molar-refractivity contribution in [3.05, 3.63) is 0 Å². The van der Waals surface area contributed by atoms with Crippen molar-refractivity contribution >= 4 is 31.5 Å². The molecule has 0 saturated heterocycles. The fourth-order valence-corrected chi connectivity index (χ4v) is 0. The number of hydrogen-bond acceptors (Lipinski definition) is 0. The molecule has 0 aliphatic rings. The van der Waals surface area contributed by atoms with Crippen LogP contribution in [0.5, 0.6) is 0 Å². The standard InChI is InChI=1S/BH3.Co.Mg.2O/h1H3;;;;/q;2*+2;2*-2. The fraction of sp³-hybridized carbons (Fsp3) is 0. The molecule has 1 radical (unpaired) electrons. The van der Waals surface area contributed by atoms with Crippen molar-refractivity contribution in [1.29, 1.82) is 0 Å². The van der Waals surface area contributed by atoms with E-state index in [4.69, 9.17) is 0 Å². The minimum absolute atomic E-state index is 0. The molecule has 0 amide bonds. The van der Waals surface area contributed by atoms with Crippen LogP contribution >= 0.6 is 0 Å². The zero-order valence-corrected chi connectivity index (χ0v) is 4.31. The quantitative estimate of drug-likeness (QED) is 0.346. The molecule has 5 heteroatoms. The van der Waals surface area contributed by atoms with Crippen LogP contribution in [0.1, 0.15) is 0 Å². The van der Waals surface area contributed by atoms with Gasteiger partial charge in [-0.3, -0.25) is 0 Å². The molecule has 0 heterocycles. The number of hydrogen-bond donors (Lipinski definition) is 0. The Bertz CT molecular complexity index is 9.61. The van der Waals surface area contributed by atoms with Gasteiger partial charge in [-0.25, -0.2) is 0 Å². The molecule has 29 valence electrons. The molecule has 0 rings (SSSR count). The first-order chi connectivity index (χ1) is 0. The average Bonchev–Trinajstić information content (AvgIpc) is 0. The molecular formula is H3BCoMgO2. The first kappa shape index (κ1) is 109. The summed E-state index contributed by atoms with van der Waals surface area (Å²) >= 11 is 0. The van der Waals surface area contributed by atoms with Gasteiger partial charge in [0.05, 0.1) is 8.41 Å². The molecule has 5 heavy (non-hydrogen) atoms. The summed E-state index contributed by atoms with van der Waals surface area (Å²) in [6.45, 7) is 0. The zero-order chi connectivity index (χ0) is 0. The maximum atomic E-state index is 0. The van der Waals surface area contributed by atoms with E-state index in [0.717, 1.165) is 0 Å². The molecule has 0 bridgehead atoms. The van der Waals surface area contributed by atoms with Crippen LogP contribution in [0.4, 0.5) is 0 Å². The van der Waals surface area contributed by atoms with E-state index >= 15 is 0 Å². The first-order valence-electron chi connectivity index (χ1n) is 0. The number of rotatable bonds is 0. The van der Waals surface area contributed by atoms with Gasteiger partial charge in [-0.15, -0.1) is 0 Å². The Kier molecular flexibility index (Phi) is 1320. The normalized spacial score (nSPS) is 0. The van der Waals surface area contributed by atoms with Crippen molar-refractivity contribution in [3.63, 3.8) is 0 Å². The van der Waals surface area contributed by atoms with Crippen molar-refractivity contribution in [2.45, 2.75) is 0 Å². The Morgan fingerprint density at radius 2 is 0.800 bits per heavy atom. The van der Waals surface area contributed by atoms with Crippen molar-refractivity contribution in [1.82, 2.24) is 0 Å². The van der Waals surface area contributed by atoms with E-state index in [9.17, 15) is 0 Å². The maximum absolute atomic E-state index is 0. The summed E-state index contributed by atoms with van der Waals surface area (Å²) in [7, 11) is 0. The van der Waals surface area contributed by atoms with Gasteiger partial charge in [0.1, 0.15) is 0 Å². The van der Waals surface area contributed by atoms with Gasteiger partial charge < -0.3 is 11.0 Å². The van der Waals surface area contributed by atoms with Crippen molar-refractivity contribution in [2.75, 3.05) is 0 Å². The van der Waals surface area contributed by atoms with Crippen LogP contribution in [-0.4, -0.2) is 31.5 Å². The van der Waals surface area contributed by atoms with Gasteiger partial charge in [-0.1, -0.05) is 0 Å². The second-order valence-corrected chi connectivity index (χ2v) is 0. The van der Waals surface area contributed by atoms with E-state index in [1.165, 1.54) is 0 Å². The van der Waals surface area contributed by atoms with Crippen LogP contribution in [0, 0.1) is 0 Å². The van der Waals surface area contributed by atoms with Gasteiger partial charge in [0.15, 0.2) is 0 Å². The average molecular weight is 129 g/mol. The summed E-state index contributed by atoms with van der Waals surface area (Å²) in [4.78, 5) is 0. The molecule has 0 unspecified atom stereocenters. The second-order valence-electron chi connectivity index (χ2n) is 0. The predicted molar refractivity (Wildman–Crippen MR) is 17.1 cm³/mol. The zero-order valence-electron chi connectivity index (χ0n) is 1.86. The molecule has 0 aliphatic heterocycles. The molecule has 0 aliphatic carbocycles. The van der Waals surface area contributed by atoms with E-state index < -0.39 is 0 Å². The largest absolute Gasteiger partial charge is 2.00 e. The Morgan fingerprint density at radius 1 is 0.800 bits per heavy atom. The Balaban J connectivity index is 0. The van der Waals surface area contributed by atoms with E-state index in [1.807, 2.05) is 0 Å². The Labute approximate surface area is 59.2 Å². The summed E-state index contributed by atoms with van der Waals surface area (Å²) < 4.78 is 0. The van der Waals surface area contributed by atoms with E-state index in [1.54, 1.807) is 0 Å². The second kappa shape index (κ2) is 60.3. The minimum Gasteiger partial charge on any atom is -2.00 e. The fourth-order valence-electron chi connectivity index (χ4n) is 0. The van der Waals surface area contributed by atoms with Gasteiger partial charge >= 0.3 is 39.8 Å². The van der Waals surface area contributed by atoms with E-state index in [0.29, 0.717) is 0 Å². The van der Waals surface area contributed by atoms with E-state index in [2.05, 4.69) is 0 Å². The first-order valence-corrected chi connectivity index (χ1v) is 0. The van der Waals surface area contributed by atoms with Crippen LogP contribution in [0.3, 0.4) is 0 Å². The van der Waals surface area contributed by atoms with Crippen LogP contribution < -0.4 is 0 Å². The molecule has 0 aromatic carbocycles. The Hall–Kier alpha value is 1.26. The predicted octanol–water partition coefficient (Wildman–Crippen LogP) is -1.80. The van der Waals surface area contributed by atoms with Crippen LogP contribution in [0.25, 0.3) is 0 Å². The minimum atomic E-state index is 0. The van der Waals surface area contributed by atoms with Gasteiger partial charge in [0.25, 0.3) is 0 Å². The smallest absolute Gasteiger partial charge is 2.00 e. The van der Waals surface area contributed by atoms with Crippen molar-refractivity contribution in [2.24, 2.45) is 0 Å². The molecule has 0 atom stereocenters. The molecular weight excluding hydrogens is 126 g/mol. The van der Waals surface area contributed by atoms with Crippen LogP contribution in [-0.2, 0) is 27.7 Å². The molecule has 0 saturated carbocycles. The van der Waals surface area contributed by atoms with Gasteiger partial charge in [-0.2, -0.15) is 0 Å². The van der Waals surface area contributed by atoms with Crippen molar-refractivity contribution in [3.8, 4) is 0 Å². The Morgan fingerprint density at radius 3 is 0.800 bits per heavy atom. The molecule has 0 aromatic rings. The third-order valence-corrected chi connectivity index (χ3v) is 0. The summed E-state index contributed by atoms with van der Waals surface area (Å²) in [5.74, 6) is 0. The summed E-state index contributed by atoms with van der Waals surface area (Å²) in [6.07, 6.45) is 0. The van der Waals surface area contributed by atoms with Crippen molar-refractivity contribution < 1.29 is 27.7 Å². The summed E-state index contributed by atoms with van der Waals surface area (Å²) in [6, 6.07) is 0. The topological polar surface area (TPSA) is 57.0 Å². The van der Waals surface area contributed by atoms with Gasteiger partial charge in [-0.05, 0) is 0 Å². The maximum Gasteiger partial charge on any atom is 2.00 e. The molecule has 2 nitrogen and oxygen atoms in total. The third-order valence-electron chi connectivity index (χ3n) is 0. The molecule has 0 aromatic heterocycles.